The van der Waals surface area contributed by atoms with Crippen LogP contribution in [-0.4, -0.2) is 10.3 Å². The fourth-order valence-electron chi connectivity index (χ4n) is 2.84. The van der Waals surface area contributed by atoms with E-state index in [2.05, 4.69) is 22.6 Å². The van der Waals surface area contributed by atoms with Gasteiger partial charge in [0.05, 0.1) is 0 Å². The van der Waals surface area contributed by atoms with Gasteiger partial charge in [-0.2, -0.15) is 0 Å². The minimum Gasteiger partial charge on any atom is -0.127 e. The highest BCUT2D eigenvalue weighted by atomic mass is 127. The molecule has 0 saturated heterocycles. The van der Waals surface area contributed by atoms with E-state index >= 15 is 0 Å². The molecule has 0 aromatic rings. The summed E-state index contributed by atoms with van der Waals surface area (Å²) in [6, 6.07) is 0. The molecule has 0 fully saturated rings. The topological polar surface area (TPSA) is 0 Å². The molecule has 128 valence electrons. The zero-order valence-corrected chi connectivity index (χ0v) is 17.1. The molecule has 0 heterocycles. The maximum absolute atomic E-state index is 5.67. The maximum Gasteiger partial charge on any atom is 0.0223 e. The molecule has 21 heavy (non-hydrogen) atoms. The SMILES string of the molecule is ClCCCCCCCCCCCCCCCCCCCI. The van der Waals surface area contributed by atoms with Crippen molar-refractivity contribution < 1.29 is 0 Å². The molecular formula is C19H38ClI. The summed E-state index contributed by atoms with van der Waals surface area (Å²) in [5.74, 6) is 0.846. The van der Waals surface area contributed by atoms with Crippen LogP contribution < -0.4 is 0 Å². The molecule has 0 aliphatic rings. The lowest BCUT2D eigenvalue weighted by molar-refractivity contribution is 0.529. The van der Waals surface area contributed by atoms with Gasteiger partial charge in [-0.3, -0.25) is 0 Å². The van der Waals surface area contributed by atoms with E-state index < -0.39 is 0 Å². The van der Waals surface area contributed by atoms with Crippen LogP contribution in [0.3, 0.4) is 0 Å². The van der Waals surface area contributed by atoms with Gasteiger partial charge >= 0.3 is 0 Å². The van der Waals surface area contributed by atoms with Gasteiger partial charge in [0.2, 0.25) is 0 Å². The lowest BCUT2D eigenvalue weighted by Gasteiger charge is -2.03. The van der Waals surface area contributed by atoms with Gasteiger partial charge in [-0.05, 0) is 17.3 Å². The Kier molecular flexibility index (Phi) is 22.0. The number of rotatable bonds is 18. The van der Waals surface area contributed by atoms with Gasteiger partial charge in [-0.25, -0.2) is 0 Å². The maximum atomic E-state index is 5.67. The Morgan fingerprint density at radius 3 is 0.857 bits per heavy atom. The normalized spacial score (nSPS) is 11.1. The van der Waals surface area contributed by atoms with Gasteiger partial charge in [0.1, 0.15) is 0 Å². The zero-order chi connectivity index (χ0) is 15.4. The van der Waals surface area contributed by atoms with Crippen LogP contribution in [-0.2, 0) is 0 Å². The molecule has 2 heteroatoms. The molecule has 0 amide bonds. The van der Waals surface area contributed by atoms with E-state index in [-0.39, 0.29) is 0 Å². The summed E-state index contributed by atoms with van der Waals surface area (Å²) in [6.45, 7) is 0. The Hall–Kier alpha value is 1.02. The summed E-state index contributed by atoms with van der Waals surface area (Å²) in [5, 5.41) is 0. The fourth-order valence-corrected chi connectivity index (χ4v) is 3.57. The smallest absolute Gasteiger partial charge is 0.0223 e. The van der Waals surface area contributed by atoms with Crippen LogP contribution >= 0.6 is 34.2 Å². The second-order valence-corrected chi connectivity index (χ2v) is 7.85. The first-order valence-corrected chi connectivity index (χ1v) is 11.6. The summed E-state index contributed by atoms with van der Waals surface area (Å²) >= 11 is 8.16. The zero-order valence-electron chi connectivity index (χ0n) is 14.2. The van der Waals surface area contributed by atoms with Crippen LogP contribution in [0.5, 0.6) is 0 Å². The van der Waals surface area contributed by atoms with Gasteiger partial charge < -0.3 is 0 Å². The molecule has 0 spiro atoms. The Balaban J connectivity index is 2.90. The quantitative estimate of drug-likeness (QED) is 0.117. The standard InChI is InChI=1S/C19H38ClI/c20-18-16-14-12-10-8-6-4-2-1-3-5-7-9-11-13-15-17-19-21/h1-19H2. The molecule has 0 bridgehead atoms. The van der Waals surface area contributed by atoms with Crippen molar-refractivity contribution in [1.29, 1.82) is 0 Å². The van der Waals surface area contributed by atoms with Crippen molar-refractivity contribution in [3.8, 4) is 0 Å². The highest BCUT2D eigenvalue weighted by Gasteiger charge is 1.94. The van der Waals surface area contributed by atoms with Crippen LogP contribution in [0.15, 0.2) is 0 Å². The molecule has 0 unspecified atom stereocenters. The van der Waals surface area contributed by atoms with Gasteiger partial charge in [-0.15, -0.1) is 11.6 Å². The van der Waals surface area contributed by atoms with Crippen molar-refractivity contribution in [3.63, 3.8) is 0 Å². The third-order valence-electron chi connectivity index (χ3n) is 4.27. The second kappa shape index (κ2) is 21.0. The average Bonchev–Trinajstić information content (AvgIpc) is 2.50. The van der Waals surface area contributed by atoms with E-state index in [1.54, 1.807) is 0 Å². The number of halogens is 2. The third-order valence-corrected chi connectivity index (χ3v) is 5.30. The molecule has 0 aromatic carbocycles. The Bertz CT molecular complexity index is 155. The molecule has 0 nitrogen and oxygen atoms in total. The van der Waals surface area contributed by atoms with Crippen LogP contribution in [0.1, 0.15) is 109 Å². The largest absolute Gasteiger partial charge is 0.127 e. The van der Waals surface area contributed by atoms with Crippen LogP contribution in [0.2, 0.25) is 0 Å². The van der Waals surface area contributed by atoms with Gasteiger partial charge in [0, 0.05) is 5.88 Å². The van der Waals surface area contributed by atoms with Crippen LogP contribution in [0.25, 0.3) is 0 Å². The number of hydrogen-bond donors (Lipinski definition) is 0. The number of alkyl halides is 2. The van der Waals surface area contributed by atoms with E-state index in [9.17, 15) is 0 Å². The van der Waals surface area contributed by atoms with Crippen molar-refractivity contribution in [2.75, 3.05) is 10.3 Å². The summed E-state index contributed by atoms with van der Waals surface area (Å²) in [7, 11) is 0. The first-order valence-electron chi connectivity index (χ1n) is 9.53. The number of hydrogen-bond acceptors (Lipinski definition) is 0. The van der Waals surface area contributed by atoms with Gasteiger partial charge in [-0.1, -0.05) is 119 Å². The second-order valence-electron chi connectivity index (χ2n) is 6.39. The Morgan fingerprint density at radius 2 is 0.619 bits per heavy atom. The molecule has 0 atom stereocenters. The molecular weight excluding hydrogens is 391 g/mol. The molecule has 0 aromatic heterocycles. The third kappa shape index (κ3) is 21.0. The van der Waals surface area contributed by atoms with E-state index in [0.29, 0.717) is 0 Å². The molecule has 0 rings (SSSR count). The Morgan fingerprint density at radius 1 is 0.381 bits per heavy atom. The Labute approximate surface area is 153 Å². The highest BCUT2D eigenvalue weighted by Crippen LogP contribution is 2.14. The summed E-state index contributed by atoms with van der Waals surface area (Å²) in [4.78, 5) is 0. The van der Waals surface area contributed by atoms with E-state index in [1.807, 2.05) is 0 Å². The minimum absolute atomic E-state index is 0.846. The van der Waals surface area contributed by atoms with Crippen molar-refractivity contribution in [2.24, 2.45) is 0 Å². The average molecular weight is 429 g/mol. The van der Waals surface area contributed by atoms with E-state index in [4.69, 9.17) is 11.6 Å². The van der Waals surface area contributed by atoms with E-state index in [0.717, 1.165) is 5.88 Å². The predicted octanol–water partition coefficient (Wildman–Crippen LogP) is 8.29. The van der Waals surface area contributed by atoms with Crippen molar-refractivity contribution >= 4 is 34.2 Å². The van der Waals surface area contributed by atoms with Gasteiger partial charge in [0.25, 0.3) is 0 Å². The van der Waals surface area contributed by atoms with Crippen molar-refractivity contribution in [3.05, 3.63) is 0 Å². The summed E-state index contributed by atoms with van der Waals surface area (Å²) in [5.41, 5.74) is 0. The van der Waals surface area contributed by atoms with Crippen LogP contribution in [0, 0.1) is 0 Å². The summed E-state index contributed by atoms with van der Waals surface area (Å²) in [6.07, 6.45) is 24.4. The monoisotopic (exact) mass is 428 g/mol. The molecule has 0 aliphatic heterocycles. The summed E-state index contributed by atoms with van der Waals surface area (Å²) < 4.78 is 1.34. The molecule has 0 N–H and O–H groups in total. The van der Waals surface area contributed by atoms with Crippen molar-refractivity contribution in [2.45, 2.75) is 109 Å². The van der Waals surface area contributed by atoms with Crippen LogP contribution in [0.4, 0.5) is 0 Å². The lowest BCUT2D eigenvalue weighted by atomic mass is 10.0. The van der Waals surface area contributed by atoms with E-state index in [1.165, 1.54) is 114 Å². The molecule has 0 radical (unpaired) electrons. The first-order chi connectivity index (χ1) is 10.4. The molecule has 0 saturated carbocycles. The molecule has 0 aliphatic carbocycles. The fraction of sp³-hybridized carbons (Fsp3) is 1.00. The van der Waals surface area contributed by atoms with Crippen molar-refractivity contribution in [1.82, 2.24) is 0 Å². The minimum atomic E-state index is 0.846. The number of unbranched alkanes of at least 4 members (excludes halogenated alkanes) is 16. The first kappa shape index (κ1) is 22.0. The predicted molar refractivity (Wildman–Crippen MR) is 108 cm³/mol. The van der Waals surface area contributed by atoms with Gasteiger partial charge in [0.15, 0.2) is 0 Å². The highest BCUT2D eigenvalue weighted by molar-refractivity contribution is 14.1. The lowest BCUT2D eigenvalue weighted by Crippen LogP contribution is -1.84.